The average Bonchev–Trinajstić information content (AvgIpc) is 2.64. The van der Waals surface area contributed by atoms with Gasteiger partial charge in [-0.1, -0.05) is 30.3 Å². The number of nitrogens with one attached hydrogen (secondary N) is 2. The van der Waals surface area contributed by atoms with Crippen molar-refractivity contribution in [2.45, 2.75) is 18.9 Å². The monoisotopic (exact) mass is 323 g/mol. The van der Waals surface area contributed by atoms with E-state index in [1.165, 1.54) is 0 Å². The summed E-state index contributed by atoms with van der Waals surface area (Å²) >= 11 is 0. The minimum Gasteiger partial charge on any atom is -0.396 e. The summed E-state index contributed by atoms with van der Waals surface area (Å²) in [6.45, 7) is 0.247. The fourth-order valence-corrected chi connectivity index (χ4v) is 2.39. The Bertz CT molecular complexity index is 678. The zero-order chi connectivity index (χ0) is 17.2. The normalized spacial score (nSPS) is 11.3. The molecule has 124 valence electrons. The maximum absolute atomic E-state index is 12.2. The van der Waals surface area contributed by atoms with Crippen LogP contribution in [0.15, 0.2) is 54.6 Å². The van der Waals surface area contributed by atoms with E-state index >= 15 is 0 Å². The summed E-state index contributed by atoms with van der Waals surface area (Å²) in [7, 11) is 0. The maximum Gasteiger partial charge on any atom is 0.239 e. The predicted octanol–water partition coefficient (Wildman–Crippen LogP) is 2.60. The largest absolute Gasteiger partial charge is 0.396 e. The molecule has 0 spiro atoms. The Morgan fingerprint density at radius 2 is 1.83 bits per heavy atom. The lowest BCUT2D eigenvalue weighted by Crippen LogP contribution is -2.33. The molecule has 0 aromatic heterocycles. The number of hydrogen-bond acceptors (Lipinski definition) is 4. The number of nitriles is 1. The van der Waals surface area contributed by atoms with E-state index in [-0.39, 0.29) is 25.1 Å². The Balaban J connectivity index is 1.91. The number of rotatable bonds is 8. The van der Waals surface area contributed by atoms with E-state index in [1.807, 2.05) is 30.3 Å². The summed E-state index contributed by atoms with van der Waals surface area (Å²) in [6.07, 6.45) is 1.31. The van der Waals surface area contributed by atoms with Crippen molar-refractivity contribution in [1.82, 2.24) is 5.32 Å². The van der Waals surface area contributed by atoms with Crippen molar-refractivity contribution in [3.05, 3.63) is 65.7 Å². The van der Waals surface area contributed by atoms with Crippen molar-refractivity contribution in [1.29, 1.82) is 5.26 Å². The molecular weight excluding hydrogens is 302 g/mol. The van der Waals surface area contributed by atoms with Crippen LogP contribution in [0.3, 0.4) is 0 Å². The molecule has 1 unspecified atom stereocenters. The number of benzene rings is 2. The van der Waals surface area contributed by atoms with E-state index in [2.05, 4.69) is 16.7 Å². The van der Waals surface area contributed by atoms with Gasteiger partial charge in [0.05, 0.1) is 24.2 Å². The van der Waals surface area contributed by atoms with Crippen LogP contribution in [-0.4, -0.2) is 24.2 Å². The molecular formula is C19H21N3O2. The summed E-state index contributed by atoms with van der Waals surface area (Å²) in [6, 6.07) is 18.6. The molecule has 0 bridgehead atoms. The molecule has 0 aliphatic heterocycles. The van der Waals surface area contributed by atoms with Crippen LogP contribution >= 0.6 is 0 Å². The second kappa shape index (κ2) is 9.33. The Morgan fingerprint density at radius 1 is 1.12 bits per heavy atom. The molecule has 2 rings (SSSR count). The lowest BCUT2D eigenvalue weighted by molar-refractivity contribution is -0.120. The predicted molar refractivity (Wildman–Crippen MR) is 93.3 cm³/mol. The summed E-state index contributed by atoms with van der Waals surface area (Å²) in [5.41, 5.74) is 2.39. The second-order valence-electron chi connectivity index (χ2n) is 5.44. The van der Waals surface area contributed by atoms with Crippen LogP contribution in [0.25, 0.3) is 0 Å². The first kappa shape index (κ1) is 17.5. The molecule has 0 fully saturated rings. The quantitative estimate of drug-likeness (QED) is 0.697. The van der Waals surface area contributed by atoms with Crippen molar-refractivity contribution in [3.8, 4) is 6.07 Å². The van der Waals surface area contributed by atoms with Gasteiger partial charge in [0.15, 0.2) is 0 Å². The number of anilines is 1. The van der Waals surface area contributed by atoms with Crippen molar-refractivity contribution < 1.29 is 9.90 Å². The van der Waals surface area contributed by atoms with Crippen molar-refractivity contribution in [2.24, 2.45) is 0 Å². The molecule has 0 aliphatic carbocycles. The van der Waals surface area contributed by atoms with Gasteiger partial charge in [0, 0.05) is 12.3 Å². The summed E-state index contributed by atoms with van der Waals surface area (Å²) in [4.78, 5) is 12.2. The van der Waals surface area contributed by atoms with Crippen LogP contribution in [0.5, 0.6) is 0 Å². The zero-order valence-electron chi connectivity index (χ0n) is 13.4. The molecule has 5 nitrogen and oxygen atoms in total. The van der Waals surface area contributed by atoms with E-state index in [1.54, 1.807) is 24.3 Å². The first-order chi connectivity index (χ1) is 11.7. The first-order valence-electron chi connectivity index (χ1n) is 7.92. The fourth-order valence-electron chi connectivity index (χ4n) is 2.39. The third-order valence-electron chi connectivity index (χ3n) is 3.66. The number of aliphatic hydroxyl groups excluding tert-OH is 1. The fraction of sp³-hybridized carbons (Fsp3) is 0.263. The minimum atomic E-state index is -0.119. The van der Waals surface area contributed by atoms with E-state index in [4.69, 9.17) is 10.4 Å². The van der Waals surface area contributed by atoms with Gasteiger partial charge >= 0.3 is 0 Å². The third-order valence-corrected chi connectivity index (χ3v) is 3.66. The highest BCUT2D eigenvalue weighted by atomic mass is 16.3. The maximum atomic E-state index is 12.2. The van der Waals surface area contributed by atoms with Crippen LogP contribution in [-0.2, 0) is 4.79 Å². The second-order valence-corrected chi connectivity index (χ2v) is 5.44. The number of amides is 1. The van der Waals surface area contributed by atoms with Crippen molar-refractivity contribution >= 4 is 11.6 Å². The van der Waals surface area contributed by atoms with E-state index in [0.29, 0.717) is 18.4 Å². The SMILES string of the molecule is N#Cc1ccc(NCC(=O)NC(CCCO)c2ccccc2)cc1. The summed E-state index contributed by atoms with van der Waals surface area (Å²) in [5.74, 6) is -0.119. The number of nitrogens with zero attached hydrogens (tertiary/aromatic N) is 1. The van der Waals surface area contributed by atoms with E-state index < -0.39 is 0 Å². The van der Waals surface area contributed by atoms with Crippen LogP contribution < -0.4 is 10.6 Å². The third kappa shape index (κ3) is 5.41. The zero-order valence-corrected chi connectivity index (χ0v) is 13.4. The minimum absolute atomic E-state index is 0.0999. The van der Waals surface area contributed by atoms with Gasteiger partial charge in [-0.3, -0.25) is 4.79 Å². The van der Waals surface area contributed by atoms with E-state index in [9.17, 15) is 4.79 Å². The lowest BCUT2D eigenvalue weighted by Gasteiger charge is -2.19. The number of aliphatic hydroxyl groups is 1. The first-order valence-corrected chi connectivity index (χ1v) is 7.92. The van der Waals surface area contributed by atoms with Crippen LogP contribution in [0.2, 0.25) is 0 Å². The highest BCUT2D eigenvalue weighted by molar-refractivity contribution is 5.81. The Morgan fingerprint density at radius 3 is 2.46 bits per heavy atom. The molecule has 2 aromatic carbocycles. The van der Waals surface area contributed by atoms with Crippen molar-refractivity contribution in [2.75, 3.05) is 18.5 Å². The Hall–Kier alpha value is -2.84. The Kier molecular flexibility index (Phi) is 6.81. The molecule has 0 radical (unpaired) electrons. The molecule has 2 aromatic rings. The van der Waals surface area contributed by atoms with Gasteiger partial charge in [-0.2, -0.15) is 5.26 Å². The summed E-state index contributed by atoms with van der Waals surface area (Å²) < 4.78 is 0. The van der Waals surface area contributed by atoms with Crippen LogP contribution in [0.1, 0.15) is 30.0 Å². The highest BCUT2D eigenvalue weighted by Crippen LogP contribution is 2.18. The summed E-state index contributed by atoms with van der Waals surface area (Å²) in [5, 5.41) is 23.8. The van der Waals surface area contributed by atoms with Gasteiger partial charge in [0.25, 0.3) is 0 Å². The number of hydrogen-bond donors (Lipinski definition) is 3. The molecule has 5 heteroatoms. The van der Waals surface area contributed by atoms with Crippen LogP contribution in [0, 0.1) is 11.3 Å². The molecule has 1 atom stereocenters. The smallest absolute Gasteiger partial charge is 0.239 e. The molecule has 0 heterocycles. The topological polar surface area (TPSA) is 85.2 Å². The van der Waals surface area contributed by atoms with Crippen molar-refractivity contribution in [3.63, 3.8) is 0 Å². The van der Waals surface area contributed by atoms with Gasteiger partial charge in [-0.25, -0.2) is 0 Å². The Labute approximate surface area is 141 Å². The van der Waals surface area contributed by atoms with Gasteiger partial charge in [0.2, 0.25) is 5.91 Å². The molecule has 24 heavy (non-hydrogen) atoms. The van der Waals surface area contributed by atoms with Gasteiger partial charge in [0.1, 0.15) is 0 Å². The number of carbonyl (C=O) groups excluding carboxylic acids is 1. The molecule has 0 aliphatic rings. The van der Waals surface area contributed by atoms with E-state index in [0.717, 1.165) is 11.3 Å². The highest BCUT2D eigenvalue weighted by Gasteiger charge is 2.13. The van der Waals surface area contributed by atoms with Gasteiger partial charge < -0.3 is 15.7 Å². The van der Waals surface area contributed by atoms with Crippen LogP contribution in [0.4, 0.5) is 5.69 Å². The molecule has 3 N–H and O–H groups in total. The van der Waals surface area contributed by atoms with Gasteiger partial charge in [-0.15, -0.1) is 0 Å². The van der Waals surface area contributed by atoms with Gasteiger partial charge in [-0.05, 0) is 42.7 Å². The number of carbonyl (C=O) groups is 1. The molecule has 0 saturated carbocycles. The standard InChI is InChI=1S/C19H21N3O2/c20-13-15-8-10-17(11-9-15)21-14-19(24)22-18(7-4-12-23)16-5-2-1-3-6-16/h1-3,5-6,8-11,18,21,23H,4,7,12,14H2,(H,22,24). The molecule has 0 saturated heterocycles. The lowest BCUT2D eigenvalue weighted by atomic mass is 10.0. The average molecular weight is 323 g/mol. The molecule has 1 amide bonds.